The first-order chi connectivity index (χ1) is 8.95. The predicted molar refractivity (Wildman–Crippen MR) is 74.8 cm³/mol. The van der Waals surface area contributed by atoms with Crippen molar-refractivity contribution in [1.82, 2.24) is 9.62 Å². The molecule has 6 heteroatoms. The SMILES string of the molecule is CCNCCCS(=O)(=O)N(C)Cc1ccc(F)cc1. The molecule has 4 nitrogen and oxygen atoms in total. The molecule has 0 fully saturated rings. The van der Waals surface area contributed by atoms with E-state index in [9.17, 15) is 12.8 Å². The summed E-state index contributed by atoms with van der Waals surface area (Å²) in [7, 11) is -1.70. The fraction of sp³-hybridized carbons (Fsp3) is 0.538. The summed E-state index contributed by atoms with van der Waals surface area (Å²) in [5, 5.41) is 3.09. The Hall–Kier alpha value is -0.980. The minimum absolute atomic E-state index is 0.123. The van der Waals surface area contributed by atoms with E-state index in [1.54, 1.807) is 19.2 Å². The van der Waals surface area contributed by atoms with Crippen LogP contribution in [0.25, 0.3) is 0 Å². The first kappa shape index (κ1) is 16.1. The second-order valence-corrected chi connectivity index (χ2v) is 6.60. The first-order valence-electron chi connectivity index (χ1n) is 6.35. The number of nitrogens with zero attached hydrogens (tertiary/aromatic N) is 1. The van der Waals surface area contributed by atoms with Crippen molar-refractivity contribution < 1.29 is 12.8 Å². The highest BCUT2D eigenvalue weighted by molar-refractivity contribution is 7.89. The minimum atomic E-state index is -3.25. The molecule has 0 aliphatic heterocycles. The van der Waals surface area contributed by atoms with E-state index < -0.39 is 10.0 Å². The lowest BCUT2D eigenvalue weighted by Crippen LogP contribution is -2.30. The average molecular weight is 288 g/mol. The first-order valence-corrected chi connectivity index (χ1v) is 7.96. The van der Waals surface area contributed by atoms with E-state index in [1.165, 1.54) is 16.4 Å². The molecule has 0 saturated heterocycles. The van der Waals surface area contributed by atoms with Crippen LogP contribution in [0.4, 0.5) is 4.39 Å². The van der Waals surface area contributed by atoms with Crippen molar-refractivity contribution in [1.29, 1.82) is 0 Å². The van der Waals surface area contributed by atoms with Gasteiger partial charge in [-0.3, -0.25) is 0 Å². The zero-order valence-electron chi connectivity index (χ0n) is 11.4. The lowest BCUT2D eigenvalue weighted by molar-refractivity contribution is 0.464. The third kappa shape index (κ3) is 5.67. The smallest absolute Gasteiger partial charge is 0.214 e. The van der Waals surface area contributed by atoms with Crippen LogP contribution in [-0.2, 0) is 16.6 Å². The Morgan fingerprint density at radius 3 is 2.47 bits per heavy atom. The summed E-state index contributed by atoms with van der Waals surface area (Å²) in [5.74, 6) is -0.197. The van der Waals surface area contributed by atoms with Gasteiger partial charge in [0.1, 0.15) is 5.82 Å². The van der Waals surface area contributed by atoms with Crippen LogP contribution in [-0.4, -0.2) is 38.6 Å². The highest BCUT2D eigenvalue weighted by Crippen LogP contribution is 2.09. The van der Waals surface area contributed by atoms with Gasteiger partial charge in [-0.1, -0.05) is 19.1 Å². The fourth-order valence-corrected chi connectivity index (χ4v) is 2.82. The van der Waals surface area contributed by atoms with Gasteiger partial charge in [0.2, 0.25) is 10.0 Å². The summed E-state index contributed by atoms with van der Waals surface area (Å²) < 4.78 is 38.0. The summed E-state index contributed by atoms with van der Waals surface area (Å²) >= 11 is 0. The van der Waals surface area contributed by atoms with E-state index in [4.69, 9.17) is 0 Å². The molecule has 0 heterocycles. The molecular weight excluding hydrogens is 267 g/mol. The summed E-state index contributed by atoms with van der Waals surface area (Å²) in [5.41, 5.74) is 0.777. The Labute approximate surface area is 114 Å². The molecule has 0 aliphatic carbocycles. The van der Waals surface area contributed by atoms with Crippen molar-refractivity contribution in [3.63, 3.8) is 0 Å². The van der Waals surface area contributed by atoms with E-state index in [-0.39, 0.29) is 18.1 Å². The lowest BCUT2D eigenvalue weighted by Gasteiger charge is -2.17. The topological polar surface area (TPSA) is 49.4 Å². The molecule has 0 spiro atoms. The normalized spacial score (nSPS) is 12.0. The van der Waals surface area contributed by atoms with Crippen molar-refractivity contribution in [3.8, 4) is 0 Å². The number of rotatable bonds is 8. The van der Waals surface area contributed by atoms with E-state index >= 15 is 0 Å². The highest BCUT2D eigenvalue weighted by Gasteiger charge is 2.17. The molecule has 1 rings (SSSR count). The minimum Gasteiger partial charge on any atom is -0.317 e. The highest BCUT2D eigenvalue weighted by atomic mass is 32.2. The molecule has 19 heavy (non-hydrogen) atoms. The van der Waals surface area contributed by atoms with Crippen LogP contribution in [0, 0.1) is 5.82 Å². The third-order valence-corrected chi connectivity index (χ3v) is 4.68. The Bertz CT molecular complexity index is 474. The van der Waals surface area contributed by atoms with Gasteiger partial charge in [-0.2, -0.15) is 0 Å². The molecule has 0 unspecified atom stereocenters. The standard InChI is InChI=1S/C13H21FN2O2S/c1-3-15-9-4-10-19(17,18)16(2)11-12-5-7-13(14)8-6-12/h5-8,15H,3-4,9-11H2,1-2H3. The summed E-state index contributed by atoms with van der Waals surface area (Å²) in [6.45, 7) is 3.78. The molecule has 1 aromatic carbocycles. The van der Waals surface area contributed by atoms with E-state index in [0.717, 1.165) is 12.1 Å². The van der Waals surface area contributed by atoms with Gasteiger partial charge in [-0.15, -0.1) is 0 Å². The van der Waals surface area contributed by atoms with Crippen LogP contribution in [0.1, 0.15) is 18.9 Å². The van der Waals surface area contributed by atoms with Crippen molar-refractivity contribution in [2.24, 2.45) is 0 Å². The van der Waals surface area contributed by atoms with Crippen LogP contribution in [0.5, 0.6) is 0 Å². The number of nitrogens with one attached hydrogen (secondary N) is 1. The average Bonchev–Trinajstić information content (AvgIpc) is 2.37. The van der Waals surface area contributed by atoms with Crippen molar-refractivity contribution >= 4 is 10.0 Å². The Morgan fingerprint density at radius 1 is 1.26 bits per heavy atom. The van der Waals surface area contributed by atoms with Crippen molar-refractivity contribution in [2.45, 2.75) is 19.9 Å². The van der Waals surface area contributed by atoms with Crippen LogP contribution in [0.3, 0.4) is 0 Å². The zero-order valence-corrected chi connectivity index (χ0v) is 12.2. The number of benzene rings is 1. The molecule has 1 N–H and O–H groups in total. The molecule has 0 saturated carbocycles. The maximum absolute atomic E-state index is 12.8. The molecule has 0 aliphatic rings. The van der Waals surface area contributed by atoms with Crippen LogP contribution in [0.2, 0.25) is 0 Å². The molecule has 0 atom stereocenters. The summed E-state index contributed by atoms with van der Waals surface area (Å²) in [6, 6.07) is 5.86. The number of hydrogen-bond donors (Lipinski definition) is 1. The second-order valence-electron chi connectivity index (χ2n) is 4.41. The lowest BCUT2D eigenvalue weighted by atomic mass is 10.2. The van der Waals surface area contributed by atoms with Crippen LogP contribution in [0.15, 0.2) is 24.3 Å². The van der Waals surface area contributed by atoms with E-state index in [2.05, 4.69) is 5.32 Å². The molecule has 0 bridgehead atoms. The maximum atomic E-state index is 12.8. The van der Waals surface area contributed by atoms with Gasteiger partial charge >= 0.3 is 0 Å². The molecule has 108 valence electrons. The van der Waals surface area contributed by atoms with Gasteiger partial charge in [-0.25, -0.2) is 17.1 Å². The molecule has 0 aromatic heterocycles. The Balaban J connectivity index is 2.51. The Kier molecular flexibility index (Phi) is 6.41. The zero-order chi connectivity index (χ0) is 14.3. The van der Waals surface area contributed by atoms with Crippen LogP contribution >= 0.6 is 0 Å². The second kappa shape index (κ2) is 7.57. The van der Waals surface area contributed by atoms with Crippen LogP contribution < -0.4 is 5.32 Å². The van der Waals surface area contributed by atoms with Gasteiger partial charge in [-0.05, 0) is 37.2 Å². The number of sulfonamides is 1. The van der Waals surface area contributed by atoms with Gasteiger partial charge in [0.15, 0.2) is 0 Å². The fourth-order valence-electron chi connectivity index (χ4n) is 1.66. The quantitative estimate of drug-likeness (QED) is 0.739. The van der Waals surface area contributed by atoms with Gasteiger partial charge < -0.3 is 5.32 Å². The summed E-state index contributed by atoms with van der Waals surface area (Å²) in [6.07, 6.45) is 0.587. The van der Waals surface area contributed by atoms with Crippen molar-refractivity contribution in [3.05, 3.63) is 35.6 Å². The van der Waals surface area contributed by atoms with Gasteiger partial charge in [0.25, 0.3) is 0 Å². The predicted octanol–water partition coefficient (Wildman–Crippen LogP) is 1.59. The third-order valence-electron chi connectivity index (χ3n) is 2.80. The molecule has 0 radical (unpaired) electrons. The van der Waals surface area contributed by atoms with Gasteiger partial charge in [0.05, 0.1) is 5.75 Å². The van der Waals surface area contributed by atoms with Gasteiger partial charge in [0, 0.05) is 13.6 Å². The molecule has 0 amide bonds. The van der Waals surface area contributed by atoms with E-state index in [0.29, 0.717) is 13.0 Å². The summed E-state index contributed by atoms with van der Waals surface area (Å²) in [4.78, 5) is 0. The maximum Gasteiger partial charge on any atom is 0.214 e. The number of hydrogen-bond acceptors (Lipinski definition) is 3. The van der Waals surface area contributed by atoms with Crippen molar-refractivity contribution in [2.75, 3.05) is 25.9 Å². The van der Waals surface area contributed by atoms with E-state index in [1.807, 2.05) is 6.92 Å². The monoisotopic (exact) mass is 288 g/mol. The largest absolute Gasteiger partial charge is 0.317 e. The number of halogens is 1. The molecule has 1 aromatic rings. The Morgan fingerprint density at radius 2 is 1.89 bits per heavy atom. The molecular formula is C13H21FN2O2S.